The molecule has 0 saturated carbocycles. The molecule has 3 aliphatic rings. The first-order valence-corrected chi connectivity index (χ1v) is 8.52. The Labute approximate surface area is 138 Å². The molecule has 0 aliphatic carbocycles. The van der Waals surface area contributed by atoms with E-state index in [0.717, 1.165) is 36.9 Å². The number of benzene rings is 2. The Morgan fingerprint density at radius 2 is 2.04 bits per heavy atom. The molecule has 2 unspecified atom stereocenters. The summed E-state index contributed by atoms with van der Waals surface area (Å²) in [6, 6.07) is 15.6. The third kappa shape index (κ3) is 2.65. The van der Waals surface area contributed by atoms with E-state index in [4.69, 9.17) is 4.74 Å². The quantitative estimate of drug-likeness (QED) is 0.917. The highest BCUT2D eigenvalue weighted by Gasteiger charge is 2.26. The van der Waals surface area contributed by atoms with Gasteiger partial charge in [-0.1, -0.05) is 31.2 Å². The van der Waals surface area contributed by atoms with E-state index in [9.17, 15) is 0 Å². The predicted octanol–water partition coefficient (Wildman–Crippen LogP) is 4.25. The van der Waals surface area contributed by atoms with E-state index in [0.29, 0.717) is 6.04 Å². The highest BCUT2D eigenvalue weighted by atomic mass is 16.5. The van der Waals surface area contributed by atoms with Crippen molar-refractivity contribution in [2.75, 3.05) is 30.4 Å². The fourth-order valence-corrected chi connectivity index (χ4v) is 3.87. The normalized spacial score (nSPS) is 22.8. The molecule has 0 spiro atoms. The van der Waals surface area contributed by atoms with E-state index in [1.54, 1.807) is 7.11 Å². The van der Waals surface area contributed by atoms with E-state index in [1.165, 1.54) is 23.2 Å². The highest BCUT2D eigenvalue weighted by Crippen LogP contribution is 2.39. The first-order valence-electron chi connectivity index (χ1n) is 8.52. The van der Waals surface area contributed by atoms with Gasteiger partial charge in [-0.2, -0.15) is 0 Å². The molecule has 0 amide bonds. The van der Waals surface area contributed by atoms with Crippen molar-refractivity contribution in [2.45, 2.75) is 25.8 Å². The maximum absolute atomic E-state index is 5.51. The molecule has 0 radical (unpaired) electrons. The van der Waals surface area contributed by atoms with Crippen molar-refractivity contribution in [3.8, 4) is 5.75 Å². The topological polar surface area (TPSA) is 24.5 Å². The predicted molar refractivity (Wildman–Crippen MR) is 95.5 cm³/mol. The van der Waals surface area contributed by atoms with Crippen LogP contribution in [0.3, 0.4) is 0 Å². The molecule has 2 aromatic rings. The van der Waals surface area contributed by atoms with E-state index < -0.39 is 0 Å². The highest BCUT2D eigenvalue weighted by molar-refractivity contribution is 5.64. The fraction of sp³-hybridized carbons (Fsp3) is 0.400. The van der Waals surface area contributed by atoms with E-state index in [-0.39, 0.29) is 0 Å². The van der Waals surface area contributed by atoms with Gasteiger partial charge < -0.3 is 15.0 Å². The molecule has 1 saturated heterocycles. The Bertz CT molecular complexity index is 713. The SMILES string of the molecule is COc1cc2ccc1NC(c1ccccc1N1CCC(C)C1)C2. The van der Waals surface area contributed by atoms with Crippen LogP contribution in [-0.2, 0) is 6.42 Å². The lowest BCUT2D eigenvalue weighted by Crippen LogP contribution is -2.23. The number of ether oxygens (including phenoxy) is 1. The second-order valence-corrected chi connectivity index (χ2v) is 6.83. The van der Waals surface area contributed by atoms with Gasteiger partial charge in [0.15, 0.2) is 0 Å². The van der Waals surface area contributed by atoms with Crippen molar-refractivity contribution in [1.29, 1.82) is 0 Å². The lowest BCUT2D eigenvalue weighted by Gasteiger charge is -2.26. The van der Waals surface area contributed by atoms with Crippen LogP contribution in [0, 0.1) is 5.92 Å². The second kappa shape index (κ2) is 5.80. The molecule has 5 rings (SSSR count). The molecular formula is C20H24N2O. The summed E-state index contributed by atoms with van der Waals surface area (Å²) in [5.41, 5.74) is 5.19. The van der Waals surface area contributed by atoms with Crippen molar-refractivity contribution in [3.63, 3.8) is 0 Å². The molecule has 2 bridgehead atoms. The van der Waals surface area contributed by atoms with Crippen molar-refractivity contribution >= 4 is 11.4 Å². The van der Waals surface area contributed by atoms with Gasteiger partial charge in [0.25, 0.3) is 0 Å². The molecule has 23 heavy (non-hydrogen) atoms. The first-order chi connectivity index (χ1) is 11.2. The number of hydrogen-bond acceptors (Lipinski definition) is 3. The van der Waals surface area contributed by atoms with Gasteiger partial charge in [-0.15, -0.1) is 0 Å². The Morgan fingerprint density at radius 3 is 2.83 bits per heavy atom. The van der Waals surface area contributed by atoms with Crippen molar-refractivity contribution in [1.82, 2.24) is 0 Å². The molecular weight excluding hydrogens is 284 g/mol. The van der Waals surface area contributed by atoms with E-state index in [1.807, 2.05) is 0 Å². The summed E-state index contributed by atoms with van der Waals surface area (Å²) < 4.78 is 5.51. The smallest absolute Gasteiger partial charge is 0.142 e. The minimum absolute atomic E-state index is 0.297. The van der Waals surface area contributed by atoms with Gasteiger partial charge in [-0.25, -0.2) is 0 Å². The van der Waals surface area contributed by atoms with Crippen LogP contribution in [-0.4, -0.2) is 20.2 Å². The number of anilines is 2. The molecule has 3 heterocycles. The standard InChI is InChI=1S/C20H24N2O/c1-14-9-10-22(13-14)19-6-4-3-5-16(19)18-11-15-7-8-17(21-18)20(12-15)23-2/h3-8,12,14,18,21H,9-11,13H2,1-2H3. The van der Waals surface area contributed by atoms with Gasteiger partial charge in [-0.05, 0) is 48.1 Å². The molecule has 120 valence electrons. The molecule has 1 fully saturated rings. The molecule has 3 nitrogen and oxygen atoms in total. The van der Waals surface area contributed by atoms with Crippen molar-refractivity contribution < 1.29 is 4.74 Å². The second-order valence-electron chi connectivity index (χ2n) is 6.83. The fourth-order valence-electron chi connectivity index (χ4n) is 3.87. The van der Waals surface area contributed by atoms with Gasteiger partial charge in [0.1, 0.15) is 5.75 Å². The Kier molecular flexibility index (Phi) is 3.64. The molecule has 2 aromatic carbocycles. The summed E-state index contributed by atoms with van der Waals surface area (Å²) in [5.74, 6) is 1.73. The van der Waals surface area contributed by atoms with E-state index in [2.05, 4.69) is 59.6 Å². The van der Waals surface area contributed by atoms with Gasteiger partial charge in [-0.3, -0.25) is 0 Å². The number of methoxy groups -OCH3 is 1. The lowest BCUT2D eigenvalue weighted by atomic mass is 9.98. The molecule has 0 aromatic heterocycles. The summed E-state index contributed by atoms with van der Waals surface area (Å²) in [6.45, 7) is 4.67. The van der Waals surface area contributed by atoms with Crippen LogP contribution in [0.5, 0.6) is 5.75 Å². The average Bonchev–Trinajstić information content (AvgIpc) is 2.82. The Hall–Kier alpha value is -2.16. The molecule has 3 aliphatic heterocycles. The van der Waals surface area contributed by atoms with Crippen molar-refractivity contribution in [2.24, 2.45) is 5.92 Å². The van der Waals surface area contributed by atoms with Crippen LogP contribution in [0.25, 0.3) is 0 Å². The van der Waals surface area contributed by atoms with Gasteiger partial charge in [0.2, 0.25) is 0 Å². The average molecular weight is 308 g/mol. The minimum Gasteiger partial charge on any atom is -0.495 e. The molecule has 1 N–H and O–H groups in total. The van der Waals surface area contributed by atoms with Gasteiger partial charge >= 0.3 is 0 Å². The van der Waals surface area contributed by atoms with Crippen LogP contribution in [0.1, 0.15) is 30.5 Å². The van der Waals surface area contributed by atoms with Crippen LogP contribution in [0.2, 0.25) is 0 Å². The Morgan fingerprint density at radius 1 is 1.17 bits per heavy atom. The molecule has 3 heteroatoms. The van der Waals surface area contributed by atoms with Crippen LogP contribution >= 0.6 is 0 Å². The summed E-state index contributed by atoms with van der Waals surface area (Å²) in [6.07, 6.45) is 2.28. The third-order valence-corrected chi connectivity index (χ3v) is 5.11. The Balaban J connectivity index is 1.68. The van der Waals surface area contributed by atoms with Crippen molar-refractivity contribution in [3.05, 3.63) is 53.6 Å². The van der Waals surface area contributed by atoms with E-state index >= 15 is 0 Å². The maximum Gasteiger partial charge on any atom is 0.142 e. The zero-order chi connectivity index (χ0) is 15.8. The number of rotatable bonds is 3. The number of hydrogen-bond donors (Lipinski definition) is 1. The first kappa shape index (κ1) is 14.4. The minimum atomic E-state index is 0.297. The maximum atomic E-state index is 5.51. The summed E-state index contributed by atoms with van der Waals surface area (Å²) in [4.78, 5) is 2.54. The van der Waals surface area contributed by atoms with Gasteiger partial charge in [0, 0.05) is 18.8 Å². The number of nitrogens with one attached hydrogen (secondary N) is 1. The molecule has 2 atom stereocenters. The largest absolute Gasteiger partial charge is 0.495 e. The summed E-state index contributed by atoms with van der Waals surface area (Å²) in [5, 5.41) is 3.69. The number of para-hydroxylation sites is 1. The van der Waals surface area contributed by atoms with Crippen LogP contribution in [0.15, 0.2) is 42.5 Å². The van der Waals surface area contributed by atoms with Gasteiger partial charge in [0.05, 0.1) is 18.8 Å². The third-order valence-electron chi connectivity index (χ3n) is 5.11. The zero-order valence-electron chi connectivity index (χ0n) is 13.9. The lowest BCUT2D eigenvalue weighted by molar-refractivity contribution is 0.416. The summed E-state index contributed by atoms with van der Waals surface area (Å²) >= 11 is 0. The van der Waals surface area contributed by atoms with Crippen LogP contribution in [0.4, 0.5) is 11.4 Å². The number of nitrogens with zero attached hydrogens (tertiary/aromatic N) is 1. The zero-order valence-corrected chi connectivity index (χ0v) is 13.9. The summed E-state index contributed by atoms with van der Waals surface area (Å²) in [7, 11) is 1.74. The number of fused-ring (bicyclic) bond motifs is 4. The van der Waals surface area contributed by atoms with Crippen LogP contribution < -0.4 is 15.0 Å². The monoisotopic (exact) mass is 308 g/mol.